The van der Waals surface area contributed by atoms with Crippen LogP contribution in [0.2, 0.25) is 0 Å². The zero-order valence-electron chi connectivity index (χ0n) is 12.8. The summed E-state index contributed by atoms with van der Waals surface area (Å²) in [5.41, 5.74) is 7.13. The van der Waals surface area contributed by atoms with Crippen molar-refractivity contribution in [2.24, 2.45) is 11.7 Å². The topological polar surface area (TPSA) is 81.4 Å². The minimum absolute atomic E-state index is 0.161. The van der Waals surface area contributed by atoms with Crippen LogP contribution in [0.15, 0.2) is 0 Å². The average Bonchev–Trinajstić information content (AvgIpc) is 3.13. The van der Waals surface area contributed by atoms with Crippen LogP contribution in [0.4, 0.5) is 5.00 Å². The van der Waals surface area contributed by atoms with Crippen LogP contribution >= 0.6 is 11.3 Å². The Balaban J connectivity index is 1.85. The molecule has 2 aliphatic rings. The molecule has 2 atom stereocenters. The molecule has 1 aromatic heterocycles. The highest BCUT2D eigenvalue weighted by atomic mass is 32.1. The Hall–Kier alpha value is -1.40. The number of nitrogens with one attached hydrogen (secondary N) is 1. The van der Waals surface area contributed by atoms with Crippen molar-refractivity contribution in [2.45, 2.75) is 51.6 Å². The zero-order chi connectivity index (χ0) is 15.7. The molecule has 1 aliphatic heterocycles. The smallest absolute Gasteiger partial charge is 0.254 e. The monoisotopic (exact) mass is 322 g/mol. The van der Waals surface area contributed by atoms with Gasteiger partial charge in [-0.1, -0.05) is 13.3 Å². The summed E-state index contributed by atoms with van der Waals surface area (Å²) in [6, 6.07) is 0. The molecule has 6 heteroatoms. The minimum atomic E-state index is -0.449. The SMILES string of the molecule is CC[C@H]1CCc2c(sc(NC(=O)[C@H]3CCCO3)c2C(N)=O)C1. The van der Waals surface area contributed by atoms with E-state index in [1.807, 2.05) is 0 Å². The lowest BCUT2D eigenvalue weighted by molar-refractivity contribution is -0.124. The van der Waals surface area contributed by atoms with Crippen LogP contribution in [-0.2, 0) is 22.4 Å². The Morgan fingerprint density at radius 2 is 2.23 bits per heavy atom. The maximum Gasteiger partial charge on any atom is 0.254 e. The third-order valence-corrected chi connectivity index (χ3v) is 5.82. The molecule has 5 nitrogen and oxygen atoms in total. The van der Waals surface area contributed by atoms with Gasteiger partial charge in [0.25, 0.3) is 11.8 Å². The van der Waals surface area contributed by atoms with E-state index >= 15 is 0 Å². The number of primary amides is 1. The number of carbonyl (C=O) groups is 2. The first kappa shape index (κ1) is 15.5. The van der Waals surface area contributed by atoms with E-state index in [2.05, 4.69) is 12.2 Å². The Labute approximate surface area is 134 Å². The van der Waals surface area contributed by atoms with Crippen LogP contribution in [0, 0.1) is 5.92 Å². The van der Waals surface area contributed by atoms with Gasteiger partial charge in [0, 0.05) is 11.5 Å². The predicted octanol–water partition coefficient (Wildman–Crippen LogP) is 2.48. The fourth-order valence-electron chi connectivity index (χ4n) is 3.33. The first-order valence-electron chi connectivity index (χ1n) is 7.97. The van der Waals surface area contributed by atoms with Crippen molar-refractivity contribution < 1.29 is 14.3 Å². The molecule has 1 fully saturated rings. The maximum atomic E-state index is 12.2. The lowest BCUT2D eigenvalue weighted by Gasteiger charge is -2.20. The second kappa shape index (κ2) is 6.38. The van der Waals surface area contributed by atoms with E-state index in [4.69, 9.17) is 10.5 Å². The van der Waals surface area contributed by atoms with E-state index < -0.39 is 12.0 Å². The van der Waals surface area contributed by atoms with Gasteiger partial charge in [-0.15, -0.1) is 11.3 Å². The van der Waals surface area contributed by atoms with E-state index in [1.165, 1.54) is 16.2 Å². The van der Waals surface area contributed by atoms with Crippen LogP contribution in [0.5, 0.6) is 0 Å². The molecule has 1 saturated heterocycles. The molecule has 0 radical (unpaired) electrons. The lowest BCUT2D eigenvalue weighted by Crippen LogP contribution is -2.27. The largest absolute Gasteiger partial charge is 0.368 e. The van der Waals surface area contributed by atoms with Crippen molar-refractivity contribution in [3.05, 3.63) is 16.0 Å². The predicted molar refractivity (Wildman–Crippen MR) is 86.2 cm³/mol. The molecule has 1 aromatic rings. The summed E-state index contributed by atoms with van der Waals surface area (Å²) in [5, 5.41) is 3.48. The molecule has 2 amide bonds. The van der Waals surface area contributed by atoms with Crippen LogP contribution < -0.4 is 11.1 Å². The fraction of sp³-hybridized carbons (Fsp3) is 0.625. The molecular weight excluding hydrogens is 300 g/mol. The first-order valence-corrected chi connectivity index (χ1v) is 8.78. The maximum absolute atomic E-state index is 12.2. The zero-order valence-corrected chi connectivity index (χ0v) is 13.6. The standard InChI is InChI=1S/C16H22N2O3S/c1-2-9-5-6-10-12(8-9)22-16(13(10)14(17)19)18-15(20)11-4-3-7-21-11/h9,11H,2-8H2,1H3,(H2,17,19)(H,18,20)/t9-,11+/m0/s1. The van der Waals surface area contributed by atoms with Crippen LogP contribution in [0.25, 0.3) is 0 Å². The van der Waals surface area contributed by atoms with Crippen molar-refractivity contribution in [1.82, 2.24) is 0 Å². The van der Waals surface area contributed by atoms with Crippen molar-refractivity contribution in [3.8, 4) is 0 Å². The van der Waals surface area contributed by atoms with Crippen LogP contribution in [0.3, 0.4) is 0 Å². The first-order chi connectivity index (χ1) is 10.6. The average molecular weight is 322 g/mol. The summed E-state index contributed by atoms with van der Waals surface area (Å²) < 4.78 is 5.40. The number of thiophene rings is 1. The molecule has 0 bridgehead atoms. The van der Waals surface area contributed by atoms with Gasteiger partial charge in [-0.25, -0.2) is 0 Å². The highest BCUT2D eigenvalue weighted by Crippen LogP contribution is 2.40. The van der Waals surface area contributed by atoms with Crippen molar-refractivity contribution >= 4 is 28.2 Å². The quantitative estimate of drug-likeness (QED) is 0.893. The van der Waals surface area contributed by atoms with E-state index in [9.17, 15) is 9.59 Å². The second-order valence-electron chi connectivity index (χ2n) is 6.08. The van der Waals surface area contributed by atoms with Gasteiger partial charge in [0.1, 0.15) is 11.1 Å². The molecular formula is C16H22N2O3S. The third kappa shape index (κ3) is 2.90. The second-order valence-corrected chi connectivity index (χ2v) is 7.19. The van der Waals surface area contributed by atoms with Gasteiger partial charge in [-0.2, -0.15) is 0 Å². The lowest BCUT2D eigenvalue weighted by atomic mass is 9.85. The highest BCUT2D eigenvalue weighted by Gasteiger charge is 2.30. The van der Waals surface area contributed by atoms with Crippen molar-refractivity contribution in [2.75, 3.05) is 11.9 Å². The molecule has 3 N–H and O–H groups in total. The third-order valence-electron chi connectivity index (χ3n) is 4.65. The number of fused-ring (bicyclic) bond motifs is 1. The van der Waals surface area contributed by atoms with Gasteiger partial charge in [0.2, 0.25) is 0 Å². The van der Waals surface area contributed by atoms with Crippen LogP contribution in [-0.4, -0.2) is 24.5 Å². The summed E-state index contributed by atoms with van der Waals surface area (Å²) >= 11 is 1.51. The van der Waals surface area contributed by atoms with Crippen molar-refractivity contribution in [1.29, 1.82) is 0 Å². The summed E-state index contributed by atoms with van der Waals surface area (Å²) in [5.74, 6) is 0.0503. The highest BCUT2D eigenvalue weighted by molar-refractivity contribution is 7.17. The normalized spacial score (nSPS) is 24.0. The van der Waals surface area contributed by atoms with Gasteiger partial charge in [0.15, 0.2) is 0 Å². The van der Waals surface area contributed by atoms with E-state index in [0.717, 1.165) is 44.1 Å². The van der Waals surface area contributed by atoms with Gasteiger partial charge in [-0.3, -0.25) is 9.59 Å². The molecule has 3 rings (SSSR count). The Morgan fingerprint density at radius 1 is 1.41 bits per heavy atom. The van der Waals surface area contributed by atoms with Crippen molar-refractivity contribution in [3.63, 3.8) is 0 Å². The summed E-state index contributed by atoms with van der Waals surface area (Å²) in [6.07, 6.45) is 5.31. The Bertz CT molecular complexity index is 590. The number of ether oxygens (including phenoxy) is 1. The number of carbonyl (C=O) groups excluding carboxylic acids is 2. The molecule has 0 aromatic carbocycles. The number of anilines is 1. The number of hydrogen-bond acceptors (Lipinski definition) is 4. The molecule has 0 unspecified atom stereocenters. The number of hydrogen-bond donors (Lipinski definition) is 2. The summed E-state index contributed by atoms with van der Waals surface area (Å²) in [4.78, 5) is 25.3. The Morgan fingerprint density at radius 3 is 2.86 bits per heavy atom. The number of nitrogens with two attached hydrogens (primary N) is 1. The summed E-state index contributed by atoms with van der Waals surface area (Å²) in [6.45, 7) is 2.82. The molecule has 22 heavy (non-hydrogen) atoms. The number of rotatable bonds is 4. The van der Waals surface area contributed by atoms with Gasteiger partial charge >= 0.3 is 0 Å². The molecule has 1 aliphatic carbocycles. The minimum Gasteiger partial charge on any atom is -0.368 e. The summed E-state index contributed by atoms with van der Waals surface area (Å²) in [7, 11) is 0. The number of amides is 2. The molecule has 2 heterocycles. The molecule has 120 valence electrons. The van der Waals surface area contributed by atoms with Crippen LogP contribution in [0.1, 0.15) is 53.4 Å². The molecule has 0 saturated carbocycles. The van der Waals surface area contributed by atoms with Gasteiger partial charge < -0.3 is 15.8 Å². The fourth-order valence-corrected chi connectivity index (χ4v) is 4.70. The molecule has 0 spiro atoms. The Kier molecular flexibility index (Phi) is 4.49. The van der Waals surface area contributed by atoms with E-state index in [-0.39, 0.29) is 5.91 Å². The van der Waals surface area contributed by atoms with E-state index in [0.29, 0.717) is 23.1 Å². The van der Waals surface area contributed by atoms with E-state index in [1.54, 1.807) is 0 Å². The van der Waals surface area contributed by atoms with Gasteiger partial charge in [-0.05, 0) is 43.6 Å². The van der Waals surface area contributed by atoms with Gasteiger partial charge in [0.05, 0.1) is 5.56 Å².